The predicted molar refractivity (Wildman–Crippen MR) is 59.1 cm³/mol. The van der Waals surface area contributed by atoms with Crippen molar-refractivity contribution < 1.29 is 4.39 Å². The minimum Gasteiger partial charge on any atom is -0.194 e. The van der Waals surface area contributed by atoms with Crippen LogP contribution < -0.4 is 0 Å². The summed E-state index contributed by atoms with van der Waals surface area (Å²) in [6.45, 7) is 0. The number of fused-ring (bicyclic) bond motifs is 1. The minimum absolute atomic E-state index is 0.160. The van der Waals surface area contributed by atoms with Crippen LogP contribution in [0.2, 0.25) is 0 Å². The molecule has 0 saturated heterocycles. The van der Waals surface area contributed by atoms with E-state index in [0.717, 1.165) is 21.6 Å². The molecule has 0 aliphatic heterocycles. The molecule has 0 aliphatic carbocycles. The highest BCUT2D eigenvalue weighted by molar-refractivity contribution is 9.08. The van der Waals surface area contributed by atoms with Crippen LogP contribution in [0.5, 0.6) is 0 Å². The first-order chi connectivity index (χ1) is 6.76. The van der Waals surface area contributed by atoms with Gasteiger partial charge in [-0.3, -0.25) is 0 Å². The van der Waals surface area contributed by atoms with E-state index in [1.165, 1.54) is 0 Å². The van der Waals surface area contributed by atoms with Gasteiger partial charge in [0.1, 0.15) is 11.6 Å². The summed E-state index contributed by atoms with van der Waals surface area (Å²) < 4.78 is 14.0. The van der Waals surface area contributed by atoms with E-state index in [0.29, 0.717) is 10.7 Å². The van der Waals surface area contributed by atoms with Gasteiger partial charge in [0.15, 0.2) is 5.13 Å². The van der Waals surface area contributed by atoms with E-state index in [9.17, 15) is 4.39 Å². The molecule has 4 heteroatoms. The SMILES string of the molecule is N#Cc1c(F)sc2ccc(CBr)cc12. The third kappa shape index (κ3) is 1.43. The number of alkyl halides is 1. The quantitative estimate of drug-likeness (QED) is 0.723. The third-order valence-electron chi connectivity index (χ3n) is 1.98. The summed E-state index contributed by atoms with van der Waals surface area (Å²) in [4.78, 5) is 0. The van der Waals surface area contributed by atoms with Gasteiger partial charge in [-0.2, -0.15) is 9.65 Å². The van der Waals surface area contributed by atoms with Crippen molar-refractivity contribution >= 4 is 37.4 Å². The number of nitrogens with zero attached hydrogens (tertiary/aromatic N) is 1. The average Bonchev–Trinajstić information content (AvgIpc) is 2.52. The normalized spacial score (nSPS) is 10.4. The molecule has 70 valence electrons. The van der Waals surface area contributed by atoms with Crippen LogP contribution in [0.15, 0.2) is 18.2 Å². The van der Waals surface area contributed by atoms with Crippen molar-refractivity contribution in [3.8, 4) is 6.07 Å². The van der Waals surface area contributed by atoms with E-state index in [-0.39, 0.29) is 5.56 Å². The van der Waals surface area contributed by atoms with Crippen molar-refractivity contribution in [2.75, 3.05) is 0 Å². The Morgan fingerprint density at radius 3 is 2.93 bits per heavy atom. The molecule has 14 heavy (non-hydrogen) atoms. The molecule has 0 aliphatic rings. The zero-order valence-corrected chi connectivity index (χ0v) is 9.45. The molecule has 0 fully saturated rings. The number of nitriles is 1. The van der Waals surface area contributed by atoms with Crippen LogP contribution in [-0.4, -0.2) is 0 Å². The summed E-state index contributed by atoms with van der Waals surface area (Å²) in [6.07, 6.45) is 0. The fraction of sp³-hybridized carbons (Fsp3) is 0.100. The number of hydrogen-bond donors (Lipinski definition) is 0. The van der Waals surface area contributed by atoms with Crippen LogP contribution in [0, 0.1) is 16.5 Å². The van der Waals surface area contributed by atoms with Gasteiger partial charge in [0, 0.05) is 15.4 Å². The second kappa shape index (κ2) is 3.68. The summed E-state index contributed by atoms with van der Waals surface area (Å²) in [5, 5.41) is 9.81. The molecule has 0 unspecified atom stereocenters. The predicted octanol–water partition coefficient (Wildman–Crippen LogP) is 3.81. The van der Waals surface area contributed by atoms with Crippen molar-refractivity contribution in [2.24, 2.45) is 0 Å². The van der Waals surface area contributed by atoms with Crippen molar-refractivity contribution in [1.29, 1.82) is 5.26 Å². The van der Waals surface area contributed by atoms with E-state index in [1.54, 1.807) is 0 Å². The number of hydrogen-bond acceptors (Lipinski definition) is 2. The standard InChI is InChI=1S/C10H5BrFNS/c11-4-6-1-2-9-7(3-6)8(5-13)10(12)14-9/h1-3H,4H2. The van der Waals surface area contributed by atoms with Crippen LogP contribution in [0.4, 0.5) is 4.39 Å². The molecular weight excluding hydrogens is 265 g/mol. The van der Waals surface area contributed by atoms with Crippen LogP contribution in [-0.2, 0) is 5.33 Å². The van der Waals surface area contributed by atoms with Crippen LogP contribution in [0.3, 0.4) is 0 Å². The van der Waals surface area contributed by atoms with Crippen LogP contribution >= 0.6 is 27.3 Å². The lowest BCUT2D eigenvalue weighted by atomic mass is 10.1. The van der Waals surface area contributed by atoms with Crippen LogP contribution in [0.1, 0.15) is 11.1 Å². The van der Waals surface area contributed by atoms with Gasteiger partial charge in [0.25, 0.3) is 0 Å². The highest BCUT2D eigenvalue weighted by atomic mass is 79.9. The number of halogens is 2. The van der Waals surface area contributed by atoms with Gasteiger partial charge in [0.05, 0.1) is 0 Å². The lowest BCUT2D eigenvalue weighted by Gasteiger charge is -1.94. The molecule has 0 atom stereocenters. The van der Waals surface area contributed by atoms with E-state index < -0.39 is 5.13 Å². The van der Waals surface area contributed by atoms with E-state index >= 15 is 0 Å². The lowest BCUT2D eigenvalue weighted by molar-refractivity contribution is 0.655. The molecule has 1 nitrogen and oxygen atoms in total. The molecule has 0 saturated carbocycles. The van der Waals surface area contributed by atoms with Gasteiger partial charge in [-0.1, -0.05) is 22.0 Å². The Balaban J connectivity index is 2.79. The molecule has 0 radical (unpaired) electrons. The summed E-state index contributed by atoms with van der Waals surface area (Å²) in [6, 6.07) is 7.51. The first-order valence-corrected chi connectivity index (χ1v) is 5.87. The Morgan fingerprint density at radius 2 is 2.29 bits per heavy atom. The van der Waals surface area contributed by atoms with Gasteiger partial charge in [-0.25, -0.2) is 0 Å². The highest BCUT2D eigenvalue weighted by Gasteiger charge is 2.11. The zero-order chi connectivity index (χ0) is 10.1. The Kier molecular flexibility index (Phi) is 2.53. The maximum absolute atomic E-state index is 13.2. The van der Waals surface area contributed by atoms with Crippen molar-refractivity contribution in [2.45, 2.75) is 5.33 Å². The molecule has 0 bridgehead atoms. The van der Waals surface area contributed by atoms with Gasteiger partial charge in [-0.05, 0) is 17.7 Å². The fourth-order valence-corrected chi connectivity index (χ4v) is 2.51. The number of thiophene rings is 1. The van der Waals surface area contributed by atoms with Gasteiger partial charge in [-0.15, -0.1) is 11.3 Å². The molecule has 0 N–H and O–H groups in total. The first kappa shape index (κ1) is 9.63. The number of benzene rings is 1. The van der Waals surface area contributed by atoms with Crippen molar-refractivity contribution in [3.05, 3.63) is 34.5 Å². The third-order valence-corrected chi connectivity index (χ3v) is 3.58. The second-order valence-corrected chi connectivity index (χ2v) is 4.39. The highest BCUT2D eigenvalue weighted by Crippen LogP contribution is 2.30. The maximum atomic E-state index is 13.2. The molecule has 2 aromatic rings. The van der Waals surface area contributed by atoms with Gasteiger partial charge < -0.3 is 0 Å². The van der Waals surface area contributed by atoms with Gasteiger partial charge in [0.2, 0.25) is 0 Å². The Morgan fingerprint density at radius 1 is 1.50 bits per heavy atom. The van der Waals surface area contributed by atoms with Crippen molar-refractivity contribution in [3.63, 3.8) is 0 Å². The summed E-state index contributed by atoms with van der Waals surface area (Å²) in [5.74, 6) is 0. The number of rotatable bonds is 1. The Labute approximate surface area is 92.9 Å². The van der Waals surface area contributed by atoms with E-state index in [2.05, 4.69) is 15.9 Å². The molecular formula is C10H5BrFNS. The summed E-state index contributed by atoms with van der Waals surface area (Å²) in [5.41, 5.74) is 1.21. The molecule has 1 aromatic heterocycles. The zero-order valence-electron chi connectivity index (χ0n) is 7.05. The molecule has 2 rings (SSSR count). The molecule has 0 spiro atoms. The van der Waals surface area contributed by atoms with Crippen molar-refractivity contribution in [1.82, 2.24) is 0 Å². The Bertz CT molecular complexity index is 527. The smallest absolute Gasteiger partial charge is 0.194 e. The van der Waals surface area contributed by atoms with Gasteiger partial charge >= 0.3 is 0 Å². The van der Waals surface area contributed by atoms with E-state index in [4.69, 9.17) is 5.26 Å². The van der Waals surface area contributed by atoms with Crippen LogP contribution in [0.25, 0.3) is 10.1 Å². The average molecular weight is 270 g/mol. The topological polar surface area (TPSA) is 23.8 Å². The monoisotopic (exact) mass is 269 g/mol. The second-order valence-electron chi connectivity index (χ2n) is 2.83. The lowest BCUT2D eigenvalue weighted by Crippen LogP contribution is -1.78. The largest absolute Gasteiger partial charge is 0.195 e. The Hall–Kier alpha value is -0.920. The van der Waals surface area contributed by atoms with E-state index in [1.807, 2.05) is 24.3 Å². The minimum atomic E-state index is -0.394. The fourth-order valence-electron chi connectivity index (χ4n) is 1.30. The molecule has 1 aromatic carbocycles. The summed E-state index contributed by atoms with van der Waals surface area (Å²) >= 11 is 4.34. The molecule has 1 heterocycles. The summed E-state index contributed by atoms with van der Waals surface area (Å²) in [7, 11) is 0. The maximum Gasteiger partial charge on any atom is 0.195 e. The molecule has 0 amide bonds. The first-order valence-electron chi connectivity index (χ1n) is 3.93.